The van der Waals surface area contributed by atoms with Gasteiger partial charge in [-0.25, -0.2) is 4.39 Å². The van der Waals surface area contributed by atoms with Crippen LogP contribution in [0, 0.1) is 5.82 Å². The molecule has 1 amide bonds. The molecule has 2 heterocycles. The Morgan fingerprint density at radius 2 is 2.05 bits per heavy atom. The molecule has 0 N–H and O–H groups in total. The van der Waals surface area contributed by atoms with E-state index in [1.54, 1.807) is 23.1 Å². The van der Waals surface area contributed by atoms with Crippen LogP contribution in [-0.4, -0.2) is 48.9 Å². The van der Waals surface area contributed by atoms with E-state index in [2.05, 4.69) is 5.16 Å². The summed E-state index contributed by atoms with van der Waals surface area (Å²) in [5, 5.41) is 3.86. The van der Waals surface area contributed by atoms with Crippen LogP contribution in [0.3, 0.4) is 0 Å². The molecule has 1 aromatic rings. The summed E-state index contributed by atoms with van der Waals surface area (Å²) >= 11 is 0. The zero-order valence-corrected chi connectivity index (χ0v) is 10.9. The van der Waals surface area contributed by atoms with Gasteiger partial charge in [0.05, 0.1) is 18.9 Å². The van der Waals surface area contributed by atoms with Crippen molar-refractivity contribution in [1.29, 1.82) is 0 Å². The number of hydrogen-bond acceptors (Lipinski definition) is 4. The average Bonchev–Trinajstić information content (AvgIpc) is 2.97. The van der Waals surface area contributed by atoms with E-state index in [-0.39, 0.29) is 11.7 Å². The first-order chi connectivity index (χ1) is 9.75. The lowest BCUT2D eigenvalue weighted by atomic mass is 10.0. The lowest BCUT2D eigenvalue weighted by molar-refractivity contribution is -0.146. The van der Waals surface area contributed by atoms with Gasteiger partial charge in [-0.2, -0.15) is 0 Å². The lowest BCUT2D eigenvalue weighted by Crippen LogP contribution is -2.45. The number of halogens is 1. The largest absolute Gasteiger partial charge is 0.382 e. The number of amides is 1. The van der Waals surface area contributed by atoms with E-state index < -0.39 is 6.10 Å². The molecule has 1 fully saturated rings. The molecule has 106 valence electrons. The first-order valence-electron chi connectivity index (χ1n) is 6.60. The van der Waals surface area contributed by atoms with Crippen LogP contribution in [0.5, 0.6) is 0 Å². The number of carbonyl (C=O) groups is 1. The van der Waals surface area contributed by atoms with Crippen LogP contribution in [0.1, 0.15) is 12.0 Å². The van der Waals surface area contributed by atoms with Crippen LogP contribution in [0.15, 0.2) is 29.4 Å². The van der Waals surface area contributed by atoms with Crippen molar-refractivity contribution in [2.45, 2.75) is 12.5 Å². The van der Waals surface area contributed by atoms with Crippen molar-refractivity contribution < 1.29 is 18.8 Å². The molecular weight excluding hydrogens is 263 g/mol. The number of ether oxygens (including phenoxy) is 1. The van der Waals surface area contributed by atoms with E-state index in [4.69, 9.17) is 9.57 Å². The summed E-state index contributed by atoms with van der Waals surface area (Å²) < 4.78 is 18.9. The zero-order chi connectivity index (χ0) is 13.9. The fourth-order valence-corrected chi connectivity index (χ4v) is 2.35. The highest BCUT2D eigenvalue weighted by molar-refractivity contribution is 6.04. The Morgan fingerprint density at radius 1 is 1.30 bits per heavy atom. The molecule has 20 heavy (non-hydrogen) atoms. The molecule has 0 spiro atoms. The van der Waals surface area contributed by atoms with E-state index in [9.17, 15) is 9.18 Å². The van der Waals surface area contributed by atoms with Gasteiger partial charge in [0.2, 0.25) is 6.10 Å². The van der Waals surface area contributed by atoms with Gasteiger partial charge in [0, 0.05) is 25.1 Å². The third-order valence-corrected chi connectivity index (χ3v) is 3.45. The smallest absolute Gasteiger partial charge is 0.267 e. The number of carbonyl (C=O) groups excluding carboxylic acids is 1. The summed E-state index contributed by atoms with van der Waals surface area (Å²) in [5.74, 6) is -0.460. The van der Waals surface area contributed by atoms with Crippen LogP contribution in [-0.2, 0) is 14.4 Å². The molecule has 0 saturated carbocycles. The Bertz CT molecular complexity index is 541. The summed E-state index contributed by atoms with van der Waals surface area (Å²) in [5.41, 5.74) is 0.875. The molecule has 2 aliphatic heterocycles. The molecule has 1 saturated heterocycles. The van der Waals surface area contributed by atoms with Gasteiger partial charge >= 0.3 is 0 Å². The van der Waals surface area contributed by atoms with E-state index in [1.165, 1.54) is 6.07 Å². The Kier molecular flexibility index (Phi) is 3.64. The maximum Gasteiger partial charge on any atom is 0.267 e. The zero-order valence-electron chi connectivity index (χ0n) is 10.9. The number of benzene rings is 1. The van der Waals surface area contributed by atoms with Crippen molar-refractivity contribution in [1.82, 2.24) is 4.90 Å². The quantitative estimate of drug-likeness (QED) is 0.816. The summed E-state index contributed by atoms with van der Waals surface area (Å²) in [6.45, 7) is 2.21. The molecular formula is C14H15FN2O3. The second-order valence-corrected chi connectivity index (χ2v) is 4.75. The molecule has 2 aliphatic rings. The molecule has 0 aliphatic carbocycles. The van der Waals surface area contributed by atoms with E-state index >= 15 is 0 Å². The predicted molar refractivity (Wildman–Crippen MR) is 69.8 cm³/mol. The summed E-state index contributed by atoms with van der Waals surface area (Å²) in [6, 6.07) is 6.36. The van der Waals surface area contributed by atoms with Gasteiger partial charge in [0.25, 0.3) is 5.91 Å². The number of nitrogens with zero attached hydrogens (tertiary/aromatic N) is 2. The van der Waals surface area contributed by atoms with E-state index in [0.717, 1.165) is 0 Å². The maximum absolute atomic E-state index is 13.7. The third kappa shape index (κ3) is 2.51. The van der Waals surface area contributed by atoms with Crippen LogP contribution >= 0.6 is 0 Å². The van der Waals surface area contributed by atoms with E-state index in [0.29, 0.717) is 44.0 Å². The summed E-state index contributed by atoms with van der Waals surface area (Å²) in [4.78, 5) is 19.1. The second kappa shape index (κ2) is 5.58. The minimum Gasteiger partial charge on any atom is -0.382 e. The molecule has 0 bridgehead atoms. The SMILES string of the molecule is O=C(C1CC(c2ccccc2F)=NO1)N1CCOCC1. The van der Waals surface area contributed by atoms with Crippen molar-refractivity contribution in [2.24, 2.45) is 5.16 Å². The first kappa shape index (κ1) is 13.1. The highest BCUT2D eigenvalue weighted by atomic mass is 19.1. The maximum atomic E-state index is 13.7. The Morgan fingerprint density at radius 3 is 2.80 bits per heavy atom. The normalized spacial score (nSPS) is 22.4. The number of hydrogen-bond donors (Lipinski definition) is 0. The van der Waals surface area contributed by atoms with Gasteiger partial charge in [0.15, 0.2) is 0 Å². The van der Waals surface area contributed by atoms with Gasteiger partial charge in [-0.05, 0) is 6.07 Å². The molecule has 1 atom stereocenters. The fraction of sp³-hybridized carbons (Fsp3) is 0.429. The van der Waals surface area contributed by atoms with Crippen LogP contribution in [0.2, 0.25) is 0 Å². The van der Waals surface area contributed by atoms with Gasteiger partial charge in [-0.1, -0.05) is 23.4 Å². The number of morpholine rings is 1. The van der Waals surface area contributed by atoms with Crippen LogP contribution in [0.25, 0.3) is 0 Å². The van der Waals surface area contributed by atoms with E-state index in [1.807, 2.05) is 0 Å². The van der Waals surface area contributed by atoms with Crippen molar-refractivity contribution >= 4 is 11.6 Å². The van der Waals surface area contributed by atoms with Gasteiger partial charge < -0.3 is 14.5 Å². The Balaban J connectivity index is 1.66. The average molecular weight is 278 g/mol. The first-order valence-corrected chi connectivity index (χ1v) is 6.60. The molecule has 0 aromatic heterocycles. The summed E-state index contributed by atoms with van der Waals surface area (Å²) in [6.07, 6.45) is -0.348. The van der Waals surface area contributed by atoms with Crippen molar-refractivity contribution in [3.63, 3.8) is 0 Å². The molecule has 5 nitrogen and oxygen atoms in total. The predicted octanol–water partition coefficient (Wildman–Crippen LogP) is 1.18. The lowest BCUT2D eigenvalue weighted by Gasteiger charge is -2.28. The molecule has 1 unspecified atom stereocenters. The molecule has 1 aromatic carbocycles. The minimum absolute atomic E-state index is 0.108. The topological polar surface area (TPSA) is 51.1 Å². The molecule has 6 heteroatoms. The highest BCUT2D eigenvalue weighted by Crippen LogP contribution is 2.20. The second-order valence-electron chi connectivity index (χ2n) is 4.75. The summed E-state index contributed by atoms with van der Waals surface area (Å²) in [7, 11) is 0. The Hall–Kier alpha value is -1.95. The van der Waals surface area contributed by atoms with Gasteiger partial charge in [-0.15, -0.1) is 0 Å². The minimum atomic E-state index is -0.650. The van der Waals surface area contributed by atoms with Gasteiger partial charge in [0.1, 0.15) is 5.82 Å². The Labute approximate surface area is 116 Å². The third-order valence-electron chi connectivity index (χ3n) is 3.45. The number of rotatable bonds is 2. The van der Waals surface area contributed by atoms with Crippen molar-refractivity contribution in [3.05, 3.63) is 35.6 Å². The highest BCUT2D eigenvalue weighted by Gasteiger charge is 2.33. The molecule has 3 rings (SSSR count). The fourth-order valence-electron chi connectivity index (χ4n) is 2.35. The van der Waals surface area contributed by atoms with Crippen molar-refractivity contribution in [3.8, 4) is 0 Å². The number of oxime groups is 1. The standard InChI is InChI=1S/C14H15FN2O3/c15-11-4-2-1-3-10(11)12-9-13(20-16-12)14(18)17-5-7-19-8-6-17/h1-4,13H,5-9H2. The van der Waals surface area contributed by atoms with Crippen molar-refractivity contribution in [2.75, 3.05) is 26.3 Å². The monoisotopic (exact) mass is 278 g/mol. The molecule has 0 radical (unpaired) electrons. The van der Waals surface area contributed by atoms with Gasteiger partial charge in [-0.3, -0.25) is 4.79 Å². The van der Waals surface area contributed by atoms with Crippen LogP contribution < -0.4 is 0 Å². The van der Waals surface area contributed by atoms with Crippen LogP contribution in [0.4, 0.5) is 4.39 Å².